The molecule has 1 aliphatic carbocycles. The fraction of sp³-hybridized carbons (Fsp3) is 0.600. The van der Waals surface area contributed by atoms with Crippen molar-refractivity contribution in [3.05, 3.63) is 16.3 Å². The number of anilines is 1. The highest BCUT2D eigenvalue weighted by molar-refractivity contribution is 7.19. The number of hydrogen-bond donors (Lipinski definition) is 2. The molecule has 2 aromatic heterocycles. The first-order chi connectivity index (χ1) is 10.1. The number of nitrogen functional groups attached to an aromatic ring is 1. The number of thiophene rings is 1. The molecule has 0 aliphatic heterocycles. The molecule has 0 amide bonds. The van der Waals surface area contributed by atoms with Crippen molar-refractivity contribution >= 4 is 27.4 Å². The summed E-state index contributed by atoms with van der Waals surface area (Å²) in [5.41, 5.74) is 13.3. The van der Waals surface area contributed by atoms with Gasteiger partial charge in [-0.3, -0.25) is 4.90 Å². The number of likely N-dealkylation sites (N-methyl/N-ethyl adjacent to an activating group) is 1. The van der Waals surface area contributed by atoms with Crippen molar-refractivity contribution in [2.45, 2.75) is 45.2 Å². The lowest BCUT2D eigenvalue weighted by molar-refractivity contribution is 0.249. The molecule has 5 nitrogen and oxygen atoms in total. The molecule has 0 radical (unpaired) electrons. The SMILES string of the molecule is CC(CN)N(C)Cc1nc(N)c2c3c(sc2n1)CCCC3. The van der Waals surface area contributed by atoms with Crippen LogP contribution in [0, 0.1) is 0 Å². The molecule has 3 rings (SSSR count). The summed E-state index contributed by atoms with van der Waals surface area (Å²) in [6.45, 7) is 3.41. The number of fused-ring (bicyclic) bond motifs is 3. The number of rotatable bonds is 4. The number of nitrogens with two attached hydrogens (primary N) is 2. The Hall–Kier alpha value is -1.24. The molecule has 21 heavy (non-hydrogen) atoms. The number of aromatic nitrogens is 2. The highest BCUT2D eigenvalue weighted by Crippen LogP contribution is 2.37. The van der Waals surface area contributed by atoms with Crippen LogP contribution in [0.1, 0.15) is 36.0 Å². The number of nitrogens with zero attached hydrogens (tertiary/aromatic N) is 3. The zero-order valence-corrected chi connectivity index (χ0v) is 13.5. The molecule has 0 aromatic carbocycles. The standard InChI is InChI=1S/C15H23N5S/c1-9(7-16)20(2)8-12-18-14(17)13-10-5-3-4-6-11(10)21-15(13)19-12/h9H,3-8,16H2,1-2H3,(H2,17,18,19). The van der Waals surface area contributed by atoms with Gasteiger partial charge < -0.3 is 11.5 Å². The van der Waals surface area contributed by atoms with Crippen LogP contribution in [-0.4, -0.2) is 34.5 Å². The van der Waals surface area contributed by atoms with Crippen LogP contribution >= 0.6 is 11.3 Å². The summed E-state index contributed by atoms with van der Waals surface area (Å²) in [5.74, 6) is 1.43. The van der Waals surface area contributed by atoms with Crippen molar-refractivity contribution in [2.75, 3.05) is 19.3 Å². The molecule has 1 aliphatic rings. The van der Waals surface area contributed by atoms with E-state index in [9.17, 15) is 0 Å². The molecule has 1 unspecified atom stereocenters. The minimum atomic E-state index is 0.307. The molecule has 0 fully saturated rings. The van der Waals surface area contributed by atoms with E-state index in [-0.39, 0.29) is 0 Å². The lowest BCUT2D eigenvalue weighted by atomic mass is 9.97. The first-order valence-corrected chi connectivity index (χ1v) is 8.38. The van der Waals surface area contributed by atoms with Crippen LogP contribution in [0.4, 0.5) is 5.82 Å². The Morgan fingerprint density at radius 2 is 2.05 bits per heavy atom. The van der Waals surface area contributed by atoms with Gasteiger partial charge in [-0.25, -0.2) is 9.97 Å². The molecular weight excluding hydrogens is 282 g/mol. The Bertz CT molecular complexity index is 651. The van der Waals surface area contributed by atoms with Crippen molar-refractivity contribution in [1.82, 2.24) is 14.9 Å². The van der Waals surface area contributed by atoms with Gasteiger partial charge in [-0.15, -0.1) is 11.3 Å². The van der Waals surface area contributed by atoms with E-state index in [0.717, 1.165) is 28.9 Å². The fourth-order valence-electron chi connectivity index (χ4n) is 2.86. The van der Waals surface area contributed by atoms with Crippen LogP contribution < -0.4 is 11.5 Å². The predicted octanol–water partition coefficient (Wildman–Crippen LogP) is 1.93. The molecule has 0 saturated carbocycles. The maximum Gasteiger partial charge on any atom is 0.146 e. The van der Waals surface area contributed by atoms with Crippen LogP contribution in [0.15, 0.2) is 0 Å². The number of aryl methyl sites for hydroxylation is 2. The highest BCUT2D eigenvalue weighted by Gasteiger charge is 2.20. The molecule has 1 atom stereocenters. The molecule has 6 heteroatoms. The molecule has 4 N–H and O–H groups in total. The maximum atomic E-state index is 6.22. The third-order valence-corrected chi connectivity index (χ3v) is 5.56. The summed E-state index contributed by atoms with van der Waals surface area (Å²) in [6, 6.07) is 0.307. The smallest absolute Gasteiger partial charge is 0.146 e. The van der Waals surface area contributed by atoms with Gasteiger partial charge in [0.15, 0.2) is 0 Å². The average molecular weight is 305 g/mol. The first-order valence-electron chi connectivity index (χ1n) is 7.57. The van der Waals surface area contributed by atoms with Crippen molar-refractivity contribution in [2.24, 2.45) is 5.73 Å². The second-order valence-electron chi connectivity index (χ2n) is 5.92. The van der Waals surface area contributed by atoms with Gasteiger partial charge in [0.05, 0.1) is 11.9 Å². The minimum absolute atomic E-state index is 0.307. The molecule has 2 heterocycles. The van der Waals surface area contributed by atoms with E-state index < -0.39 is 0 Å². The third kappa shape index (κ3) is 2.75. The second kappa shape index (κ2) is 5.87. The van der Waals surface area contributed by atoms with Crippen LogP contribution in [0.25, 0.3) is 10.2 Å². The Morgan fingerprint density at radius 3 is 2.81 bits per heavy atom. The molecular formula is C15H23N5S. The summed E-state index contributed by atoms with van der Waals surface area (Å²) in [6.07, 6.45) is 4.80. The van der Waals surface area contributed by atoms with Crippen LogP contribution in [0.3, 0.4) is 0 Å². The van der Waals surface area contributed by atoms with Gasteiger partial charge in [-0.05, 0) is 45.2 Å². The average Bonchev–Trinajstić information content (AvgIpc) is 2.84. The molecule has 0 bridgehead atoms. The molecule has 2 aromatic rings. The van der Waals surface area contributed by atoms with Crippen molar-refractivity contribution in [3.63, 3.8) is 0 Å². The van der Waals surface area contributed by atoms with Crippen molar-refractivity contribution < 1.29 is 0 Å². The van der Waals surface area contributed by atoms with Crippen LogP contribution in [0.2, 0.25) is 0 Å². The summed E-state index contributed by atoms with van der Waals surface area (Å²) in [7, 11) is 2.04. The van der Waals surface area contributed by atoms with E-state index >= 15 is 0 Å². The largest absolute Gasteiger partial charge is 0.383 e. The summed E-state index contributed by atoms with van der Waals surface area (Å²) in [4.78, 5) is 13.9. The van der Waals surface area contributed by atoms with Gasteiger partial charge in [0.25, 0.3) is 0 Å². The maximum absolute atomic E-state index is 6.22. The van der Waals surface area contributed by atoms with E-state index in [1.165, 1.54) is 23.3 Å². The van der Waals surface area contributed by atoms with E-state index in [1.54, 1.807) is 11.3 Å². The van der Waals surface area contributed by atoms with Gasteiger partial charge in [0, 0.05) is 17.5 Å². The summed E-state index contributed by atoms with van der Waals surface area (Å²) in [5, 5.41) is 1.10. The Balaban J connectivity index is 1.96. The van der Waals surface area contributed by atoms with Gasteiger partial charge in [-0.2, -0.15) is 0 Å². The monoisotopic (exact) mass is 305 g/mol. The Labute approximate surface area is 129 Å². The van der Waals surface area contributed by atoms with Gasteiger partial charge in [0.2, 0.25) is 0 Å². The zero-order chi connectivity index (χ0) is 15.0. The van der Waals surface area contributed by atoms with Crippen molar-refractivity contribution in [1.29, 1.82) is 0 Å². The lowest BCUT2D eigenvalue weighted by Gasteiger charge is -2.22. The zero-order valence-electron chi connectivity index (χ0n) is 12.7. The van der Waals surface area contributed by atoms with Crippen LogP contribution in [-0.2, 0) is 19.4 Å². The lowest BCUT2D eigenvalue weighted by Crippen LogP contribution is -2.35. The first kappa shape index (κ1) is 14.7. The van der Waals surface area contributed by atoms with E-state index in [2.05, 4.69) is 16.8 Å². The van der Waals surface area contributed by atoms with Gasteiger partial charge in [0.1, 0.15) is 16.5 Å². The minimum Gasteiger partial charge on any atom is -0.383 e. The normalized spacial score (nSPS) is 16.4. The van der Waals surface area contributed by atoms with E-state index in [1.807, 2.05) is 7.05 Å². The van der Waals surface area contributed by atoms with E-state index in [4.69, 9.17) is 16.5 Å². The van der Waals surface area contributed by atoms with Crippen LogP contribution in [0.5, 0.6) is 0 Å². The predicted molar refractivity (Wildman–Crippen MR) is 88.5 cm³/mol. The highest BCUT2D eigenvalue weighted by atomic mass is 32.1. The third-order valence-electron chi connectivity index (χ3n) is 4.37. The second-order valence-corrected chi connectivity index (χ2v) is 7.00. The van der Waals surface area contributed by atoms with E-state index in [0.29, 0.717) is 24.9 Å². The van der Waals surface area contributed by atoms with Gasteiger partial charge >= 0.3 is 0 Å². The Kier molecular flexibility index (Phi) is 4.10. The summed E-state index contributed by atoms with van der Waals surface area (Å²) >= 11 is 1.79. The molecule has 0 spiro atoms. The Morgan fingerprint density at radius 1 is 1.29 bits per heavy atom. The van der Waals surface area contributed by atoms with Gasteiger partial charge in [-0.1, -0.05) is 0 Å². The quantitative estimate of drug-likeness (QED) is 0.902. The number of hydrogen-bond acceptors (Lipinski definition) is 6. The topological polar surface area (TPSA) is 81.1 Å². The fourth-order valence-corrected chi connectivity index (χ4v) is 4.15. The molecule has 114 valence electrons. The molecule has 0 saturated heterocycles. The summed E-state index contributed by atoms with van der Waals surface area (Å²) < 4.78 is 0. The van der Waals surface area contributed by atoms with Crippen molar-refractivity contribution in [3.8, 4) is 0 Å².